The van der Waals surface area contributed by atoms with Crippen molar-refractivity contribution < 1.29 is 13.2 Å². The van der Waals surface area contributed by atoms with Crippen LogP contribution in [0.2, 0.25) is 0 Å². The molecule has 3 aromatic carbocycles. The Kier molecular flexibility index (Phi) is 5.03. The molecule has 1 heterocycles. The van der Waals surface area contributed by atoms with E-state index >= 15 is 0 Å². The molecule has 1 aliphatic rings. The second-order valence-electron chi connectivity index (χ2n) is 6.34. The highest BCUT2D eigenvalue weighted by Crippen LogP contribution is 2.22. The minimum absolute atomic E-state index is 0.286. The van der Waals surface area contributed by atoms with Gasteiger partial charge in [-0.25, -0.2) is 8.42 Å². The fourth-order valence-electron chi connectivity index (χ4n) is 3.15. The van der Waals surface area contributed by atoms with Crippen LogP contribution < -0.4 is 0 Å². The Labute approximate surface area is 159 Å². The van der Waals surface area contributed by atoms with E-state index in [9.17, 15) is 8.42 Å². The van der Waals surface area contributed by atoms with Gasteiger partial charge in [0, 0.05) is 24.9 Å². The van der Waals surface area contributed by atoms with E-state index in [0.29, 0.717) is 32.0 Å². The topological polar surface area (TPSA) is 59.0 Å². The van der Waals surface area contributed by atoms with Gasteiger partial charge in [0.2, 0.25) is 10.0 Å². The molecular weight excluding hydrogens is 360 g/mol. The molecule has 0 unspecified atom stereocenters. The minimum Gasteiger partial charge on any atom is -0.379 e. The summed E-state index contributed by atoms with van der Waals surface area (Å²) in [5.74, 6) is 0. The first-order valence-corrected chi connectivity index (χ1v) is 10.3. The average molecular weight is 380 g/mol. The third-order valence-corrected chi connectivity index (χ3v) is 6.53. The van der Waals surface area contributed by atoms with Crippen LogP contribution in [0.1, 0.15) is 5.56 Å². The van der Waals surface area contributed by atoms with Crippen molar-refractivity contribution >= 4 is 32.7 Å². The van der Waals surface area contributed by atoms with Crippen molar-refractivity contribution in [3.63, 3.8) is 0 Å². The number of fused-ring (bicyclic) bond motifs is 1. The quantitative estimate of drug-likeness (QED) is 0.650. The zero-order valence-corrected chi connectivity index (χ0v) is 15.6. The Morgan fingerprint density at radius 2 is 1.59 bits per heavy atom. The van der Waals surface area contributed by atoms with Crippen molar-refractivity contribution in [3.8, 4) is 0 Å². The summed E-state index contributed by atoms with van der Waals surface area (Å²) in [6.07, 6.45) is 1.81. The van der Waals surface area contributed by atoms with E-state index in [1.54, 1.807) is 24.3 Å². The van der Waals surface area contributed by atoms with E-state index in [2.05, 4.69) is 23.2 Å². The molecule has 0 saturated carbocycles. The van der Waals surface area contributed by atoms with Crippen LogP contribution >= 0.6 is 0 Å². The van der Waals surface area contributed by atoms with Crippen molar-refractivity contribution in [3.05, 3.63) is 72.3 Å². The predicted molar refractivity (Wildman–Crippen MR) is 107 cm³/mol. The van der Waals surface area contributed by atoms with Crippen molar-refractivity contribution in [1.29, 1.82) is 0 Å². The first kappa shape index (κ1) is 17.9. The van der Waals surface area contributed by atoms with Gasteiger partial charge in [-0.1, -0.05) is 42.5 Å². The van der Waals surface area contributed by atoms with Gasteiger partial charge >= 0.3 is 0 Å². The maximum Gasteiger partial charge on any atom is 0.243 e. The smallest absolute Gasteiger partial charge is 0.243 e. The van der Waals surface area contributed by atoms with Crippen LogP contribution in [0.25, 0.3) is 10.8 Å². The van der Waals surface area contributed by atoms with Crippen LogP contribution in [-0.2, 0) is 14.8 Å². The predicted octanol–water partition coefficient (Wildman–Crippen LogP) is 3.61. The van der Waals surface area contributed by atoms with Crippen LogP contribution in [0.15, 0.2) is 76.6 Å². The highest BCUT2D eigenvalue weighted by molar-refractivity contribution is 7.89. The Bertz CT molecular complexity index is 1060. The van der Waals surface area contributed by atoms with Gasteiger partial charge in [0.15, 0.2) is 0 Å². The number of nitrogens with zero attached hydrogens (tertiary/aromatic N) is 2. The zero-order valence-electron chi connectivity index (χ0n) is 14.8. The lowest BCUT2D eigenvalue weighted by Gasteiger charge is -2.26. The molecule has 0 bridgehead atoms. The number of hydrogen-bond acceptors (Lipinski definition) is 4. The summed E-state index contributed by atoms with van der Waals surface area (Å²) < 4.78 is 32.0. The van der Waals surface area contributed by atoms with Gasteiger partial charge in [-0.3, -0.25) is 4.99 Å². The second-order valence-corrected chi connectivity index (χ2v) is 8.27. The SMILES string of the molecule is O=S(=O)(c1ccc(N=Cc2cccc3ccccc23)cc1)N1CCOCC1. The van der Waals surface area contributed by atoms with Crippen LogP contribution in [0, 0.1) is 0 Å². The van der Waals surface area contributed by atoms with E-state index in [-0.39, 0.29) is 4.90 Å². The molecule has 0 amide bonds. The molecule has 0 atom stereocenters. The standard InChI is InChI=1S/C21H20N2O3S/c24-27(25,23-12-14-26-15-13-23)20-10-8-19(9-11-20)22-16-18-6-3-5-17-4-1-2-7-21(17)18/h1-11,16H,12-15H2. The van der Waals surface area contributed by atoms with Gasteiger partial charge in [0.05, 0.1) is 23.8 Å². The summed E-state index contributed by atoms with van der Waals surface area (Å²) in [5.41, 5.74) is 1.74. The van der Waals surface area contributed by atoms with Crippen LogP contribution in [0.5, 0.6) is 0 Å². The second kappa shape index (κ2) is 7.60. The Balaban J connectivity index is 1.56. The molecule has 0 spiro atoms. The summed E-state index contributed by atoms with van der Waals surface area (Å²) in [5, 5.41) is 2.30. The highest BCUT2D eigenvalue weighted by atomic mass is 32.2. The summed E-state index contributed by atoms with van der Waals surface area (Å²) >= 11 is 0. The molecule has 1 aliphatic heterocycles. The fourth-order valence-corrected chi connectivity index (χ4v) is 4.56. The van der Waals surface area contributed by atoms with Gasteiger partial charge < -0.3 is 4.74 Å². The lowest BCUT2D eigenvalue weighted by atomic mass is 10.1. The monoisotopic (exact) mass is 380 g/mol. The molecule has 27 heavy (non-hydrogen) atoms. The molecule has 0 radical (unpaired) electrons. The third kappa shape index (κ3) is 3.78. The molecule has 1 saturated heterocycles. The minimum atomic E-state index is -3.47. The van der Waals surface area contributed by atoms with Crippen molar-refractivity contribution in [2.75, 3.05) is 26.3 Å². The van der Waals surface area contributed by atoms with Gasteiger partial charge in [0.1, 0.15) is 0 Å². The fraction of sp³-hybridized carbons (Fsp3) is 0.190. The molecule has 6 heteroatoms. The normalized spacial score (nSPS) is 16.1. The lowest BCUT2D eigenvalue weighted by Crippen LogP contribution is -2.40. The number of benzene rings is 3. The van der Waals surface area contributed by atoms with Crippen molar-refractivity contribution in [2.24, 2.45) is 4.99 Å². The Hall–Kier alpha value is -2.54. The molecule has 5 nitrogen and oxygen atoms in total. The first-order valence-electron chi connectivity index (χ1n) is 8.84. The van der Waals surface area contributed by atoms with Crippen LogP contribution in [-0.4, -0.2) is 45.2 Å². The van der Waals surface area contributed by atoms with Crippen LogP contribution in [0.4, 0.5) is 5.69 Å². The summed E-state index contributed by atoms with van der Waals surface area (Å²) in [7, 11) is -3.47. The van der Waals surface area contributed by atoms with E-state index in [4.69, 9.17) is 4.74 Å². The van der Waals surface area contributed by atoms with Gasteiger partial charge in [-0.05, 0) is 35.0 Å². The number of rotatable bonds is 4. The summed E-state index contributed by atoms with van der Waals surface area (Å²) in [6.45, 7) is 1.66. The molecule has 0 N–H and O–H groups in total. The largest absolute Gasteiger partial charge is 0.379 e. The molecule has 0 aromatic heterocycles. The lowest BCUT2D eigenvalue weighted by molar-refractivity contribution is 0.0730. The number of ether oxygens (including phenoxy) is 1. The van der Waals surface area contributed by atoms with Crippen molar-refractivity contribution in [2.45, 2.75) is 4.90 Å². The Morgan fingerprint density at radius 1 is 0.889 bits per heavy atom. The van der Waals surface area contributed by atoms with Crippen LogP contribution in [0.3, 0.4) is 0 Å². The molecule has 138 valence electrons. The highest BCUT2D eigenvalue weighted by Gasteiger charge is 2.25. The molecule has 3 aromatic rings. The van der Waals surface area contributed by atoms with E-state index in [1.165, 1.54) is 4.31 Å². The molecular formula is C21H20N2O3S. The first-order chi connectivity index (χ1) is 13.1. The summed E-state index contributed by atoms with van der Waals surface area (Å²) in [6, 6.07) is 20.9. The summed E-state index contributed by atoms with van der Waals surface area (Å²) in [4.78, 5) is 4.79. The van der Waals surface area contributed by atoms with E-state index < -0.39 is 10.0 Å². The van der Waals surface area contributed by atoms with Crippen molar-refractivity contribution in [1.82, 2.24) is 4.31 Å². The maximum absolute atomic E-state index is 12.7. The molecule has 4 rings (SSSR count). The van der Waals surface area contributed by atoms with E-state index in [0.717, 1.165) is 16.3 Å². The maximum atomic E-state index is 12.7. The third-order valence-electron chi connectivity index (χ3n) is 4.62. The van der Waals surface area contributed by atoms with E-state index in [1.807, 2.05) is 30.5 Å². The number of sulfonamides is 1. The number of aliphatic imine (C=N–C) groups is 1. The van der Waals surface area contributed by atoms with Gasteiger partial charge in [-0.2, -0.15) is 4.31 Å². The van der Waals surface area contributed by atoms with Gasteiger partial charge in [0.25, 0.3) is 0 Å². The average Bonchev–Trinajstić information content (AvgIpc) is 2.73. The molecule has 1 fully saturated rings. The molecule has 0 aliphatic carbocycles. The Morgan fingerprint density at radius 3 is 2.37 bits per heavy atom. The number of hydrogen-bond donors (Lipinski definition) is 0. The van der Waals surface area contributed by atoms with Gasteiger partial charge in [-0.15, -0.1) is 0 Å². The number of morpholine rings is 1. The zero-order chi connectivity index (χ0) is 18.7.